The van der Waals surface area contributed by atoms with Gasteiger partial charge in [-0.2, -0.15) is 4.72 Å². The van der Waals surface area contributed by atoms with Gasteiger partial charge in [-0.15, -0.1) is 0 Å². The number of hydrogen-bond donors (Lipinski definition) is 2. The molecule has 2 N–H and O–H groups in total. The Bertz CT molecular complexity index is 889. The van der Waals surface area contributed by atoms with E-state index in [-0.39, 0.29) is 5.92 Å². The first-order valence-corrected chi connectivity index (χ1v) is 10.5. The number of amides is 1. The van der Waals surface area contributed by atoms with E-state index in [4.69, 9.17) is 0 Å². The van der Waals surface area contributed by atoms with Crippen LogP contribution in [0, 0.1) is 11.7 Å². The number of benzene rings is 2. The van der Waals surface area contributed by atoms with Gasteiger partial charge in [-0.05, 0) is 30.2 Å². The minimum absolute atomic E-state index is 0.312. The normalized spacial score (nSPS) is 12.6. The average Bonchev–Trinajstić information content (AvgIpc) is 2.66. The molecule has 152 valence electrons. The standard InChI is InChI=1S/C20H26FN3O3S/c1-15(2)19(23-28(26,27)18-12-8-7-11-17(18)21)20(25)22-13-14-24(3)16-9-5-4-6-10-16/h4-12,15,19,23H,13-14H2,1-3H3,(H,22,25)/t19-/m0/s1. The third kappa shape index (κ3) is 5.77. The zero-order chi connectivity index (χ0) is 20.7. The topological polar surface area (TPSA) is 78.5 Å². The highest BCUT2D eigenvalue weighted by molar-refractivity contribution is 7.89. The van der Waals surface area contributed by atoms with Gasteiger partial charge in [0.25, 0.3) is 0 Å². The molecule has 0 saturated carbocycles. The van der Waals surface area contributed by atoms with Gasteiger partial charge in [0.05, 0.1) is 0 Å². The Labute approximate surface area is 165 Å². The lowest BCUT2D eigenvalue weighted by atomic mass is 10.1. The van der Waals surface area contributed by atoms with Crippen molar-refractivity contribution in [1.29, 1.82) is 0 Å². The number of likely N-dealkylation sites (N-methyl/N-ethyl adjacent to an activating group) is 1. The van der Waals surface area contributed by atoms with Gasteiger partial charge in [0.1, 0.15) is 16.8 Å². The summed E-state index contributed by atoms with van der Waals surface area (Å²) in [5, 5.41) is 2.75. The van der Waals surface area contributed by atoms with E-state index in [1.165, 1.54) is 18.2 Å². The van der Waals surface area contributed by atoms with Crippen molar-refractivity contribution < 1.29 is 17.6 Å². The molecule has 2 rings (SSSR count). The molecule has 2 aromatic carbocycles. The molecular weight excluding hydrogens is 381 g/mol. The summed E-state index contributed by atoms with van der Waals surface area (Å²) < 4.78 is 41.2. The molecule has 1 atom stereocenters. The molecule has 0 aromatic heterocycles. The summed E-state index contributed by atoms with van der Waals surface area (Å²) in [5.41, 5.74) is 1.01. The maximum atomic E-state index is 13.9. The van der Waals surface area contributed by atoms with E-state index in [1.807, 2.05) is 42.3 Å². The molecule has 8 heteroatoms. The lowest BCUT2D eigenvalue weighted by Crippen LogP contribution is -2.50. The zero-order valence-electron chi connectivity index (χ0n) is 16.2. The average molecular weight is 408 g/mol. The molecule has 0 radical (unpaired) electrons. The molecule has 0 aliphatic rings. The van der Waals surface area contributed by atoms with Crippen LogP contribution in [-0.2, 0) is 14.8 Å². The third-order valence-corrected chi connectivity index (χ3v) is 5.78. The molecule has 1 amide bonds. The van der Waals surface area contributed by atoms with Crippen LogP contribution in [0.25, 0.3) is 0 Å². The quantitative estimate of drug-likeness (QED) is 0.669. The fourth-order valence-corrected chi connectivity index (χ4v) is 4.08. The Morgan fingerprint density at radius 3 is 2.29 bits per heavy atom. The van der Waals surface area contributed by atoms with Crippen LogP contribution in [0.2, 0.25) is 0 Å². The van der Waals surface area contributed by atoms with Gasteiger partial charge in [0.15, 0.2) is 0 Å². The number of para-hydroxylation sites is 1. The molecule has 0 fully saturated rings. The summed E-state index contributed by atoms with van der Waals surface area (Å²) >= 11 is 0. The largest absolute Gasteiger partial charge is 0.373 e. The van der Waals surface area contributed by atoms with E-state index in [1.54, 1.807) is 13.8 Å². The number of halogens is 1. The number of anilines is 1. The minimum atomic E-state index is -4.16. The van der Waals surface area contributed by atoms with Crippen molar-refractivity contribution in [3.8, 4) is 0 Å². The fraction of sp³-hybridized carbons (Fsp3) is 0.350. The van der Waals surface area contributed by atoms with Crippen molar-refractivity contribution in [2.75, 3.05) is 25.0 Å². The fourth-order valence-electron chi connectivity index (χ4n) is 2.65. The Balaban J connectivity index is 1.99. The number of rotatable bonds is 9. The number of hydrogen-bond acceptors (Lipinski definition) is 4. The molecular formula is C20H26FN3O3S. The number of sulfonamides is 1. The van der Waals surface area contributed by atoms with E-state index in [0.29, 0.717) is 13.1 Å². The monoisotopic (exact) mass is 407 g/mol. The van der Waals surface area contributed by atoms with E-state index >= 15 is 0 Å². The molecule has 0 aliphatic heterocycles. The van der Waals surface area contributed by atoms with Crippen LogP contribution in [0.1, 0.15) is 13.8 Å². The van der Waals surface area contributed by atoms with Gasteiger partial charge in [0, 0.05) is 25.8 Å². The zero-order valence-corrected chi connectivity index (χ0v) is 17.0. The second-order valence-electron chi connectivity index (χ2n) is 6.82. The van der Waals surface area contributed by atoms with E-state index in [9.17, 15) is 17.6 Å². The Morgan fingerprint density at radius 1 is 1.07 bits per heavy atom. The molecule has 6 nitrogen and oxygen atoms in total. The molecule has 2 aromatic rings. The first-order valence-electron chi connectivity index (χ1n) is 9.03. The van der Waals surface area contributed by atoms with E-state index in [0.717, 1.165) is 11.8 Å². The summed E-state index contributed by atoms with van der Waals surface area (Å²) in [7, 11) is -2.26. The van der Waals surface area contributed by atoms with Crippen molar-refractivity contribution in [2.24, 2.45) is 5.92 Å². The summed E-state index contributed by atoms with van der Waals surface area (Å²) in [6, 6.07) is 13.8. The highest BCUT2D eigenvalue weighted by Gasteiger charge is 2.29. The molecule has 0 saturated heterocycles. The summed E-state index contributed by atoms with van der Waals surface area (Å²) in [5.74, 6) is -1.62. The van der Waals surface area contributed by atoms with Crippen LogP contribution >= 0.6 is 0 Å². The Kier molecular flexibility index (Phi) is 7.53. The van der Waals surface area contributed by atoms with Crippen molar-refractivity contribution in [3.05, 3.63) is 60.4 Å². The lowest BCUT2D eigenvalue weighted by molar-refractivity contribution is -0.123. The predicted octanol–water partition coefficient (Wildman–Crippen LogP) is 2.38. The number of carbonyl (C=O) groups is 1. The van der Waals surface area contributed by atoms with Crippen molar-refractivity contribution >= 4 is 21.6 Å². The van der Waals surface area contributed by atoms with Crippen LogP contribution in [0.3, 0.4) is 0 Å². The summed E-state index contributed by atoms with van der Waals surface area (Å²) in [4.78, 5) is 14.1. The van der Waals surface area contributed by atoms with Crippen LogP contribution in [0.15, 0.2) is 59.5 Å². The van der Waals surface area contributed by atoms with Crippen LogP contribution < -0.4 is 14.9 Å². The van der Waals surface area contributed by atoms with Crippen molar-refractivity contribution in [1.82, 2.24) is 10.0 Å². The number of carbonyl (C=O) groups excluding carboxylic acids is 1. The summed E-state index contributed by atoms with van der Waals surface area (Å²) in [6.07, 6.45) is 0. The predicted molar refractivity (Wildman–Crippen MR) is 108 cm³/mol. The van der Waals surface area contributed by atoms with Gasteiger partial charge in [-0.25, -0.2) is 12.8 Å². The first kappa shape index (κ1) is 21.8. The van der Waals surface area contributed by atoms with Gasteiger partial charge >= 0.3 is 0 Å². The molecule has 0 bridgehead atoms. The first-order chi connectivity index (χ1) is 13.2. The highest BCUT2D eigenvalue weighted by Crippen LogP contribution is 2.15. The Hall–Kier alpha value is -2.45. The smallest absolute Gasteiger partial charge is 0.244 e. The van der Waals surface area contributed by atoms with Crippen LogP contribution in [0.4, 0.5) is 10.1 Å². The molecule has 0 spiro atoms. The third-order valence-electron chi connectivity index (χ3n) is 4.30. The van der Waals surface area contributed by atoms with Crippen molar-refractivity contribution in [3.63, 3.8) is 0 Å². The van der Waals surface area contributed by atoms with E-state index in [2.05, 4.69) is 10.0 Å². The maximum Gasteiger partial charge on any atom is 0.244 e. The second-order valence-corrected chi connectivity index (χ2v) is 8.50. The SMILES string of the molecule is CC(C)[C@H](NS(=O)(=O)c1ccccc1F)C(=O)NCCN(C)c1ccccc1. The maximum absolute atomic E-state index is 13.9. The highest BCUT2D eigenvalue weighted by atomic mass is 32.2. The number of nitrogens with one attached hydrogen (secondary N) is 2. The minimum Gasteiger partial charge on any atom is -0.373 e. The summed E-state index contributed by atoms with van der Waals surface area (Å²) in [6.45, 7) is 4.35. The van der Waals surface area contributed by atoms with Gasteiger partial charge in [-0.1, -0.05) is 44.2 Å². The lowest BCUT2D eigenvalue weighted by Gasteiger charge is -2.23. The van der Waals surface area contributed by atoms with Crippen LogP contribution in [0.5, 0.6) is 0 Å². The van der Waals surface area contributed by atoms with Gasteiger partial charge < -0.3 is 10.2 Å². The molecule has 0 unspecified atom stereocenters. The van der Waals surface area contributed by atoms with Crippen LogP contribution in [-0.4, -0.2) is 40.5 Å². The van der Waals surface area contributed by atoms with Crippen molar-refractivity contribution in [2.45, 2.75) is 24.8 Å². The Morgan fingerprint density at radius 2 is 1.68 bits per heavy atom. The second kappa shape index (κ2) is 9.66. The van der Waals surface area contributed by atoms with Gasteiger partial charge in [-0.3, -0.25) is 4.79 Å². The molecule has 0 heterocycles. The molecule has 28 heavy (non-hydrogen) atoms. The number of nitrogens with zero attached hydrogens (tertiary/aromatic N) is 1. The van der Waals surface area contributed by atoms with Gasteiger partial charge in [0.2, 0.25) is 15.9 Å². The molecule has 0 aliphatic carbocycles. The van der Waals surface area contributed by atoms with E-state index < -0.39 is 32.7 Å².